The van der Waals surface area contributed by atoms with Gasteiger partial charge in [-0.05, 0) is 43.5 Å². The van der Waals surface area contributed by atoms with Crippen LogP contribution in [0, 0.1) is 5.82 Å². The second-order valence-electron chi connectivity index (χ2n) is 4.31. The lowest BCUT2D eigenvalue weighted by Crippen LogP contribution is -2.23. The van der Waals surface area contributed by atoms with E-state index in [9.17, 15) is 4.39 Å². The number of nitrogens with one attached hydrogen (secondary N) is 1. The summed E-state index contributed by atoms with van der Waals surface area (Å²) in [6.07, 6.45) is 3.17. The summed E-state index contributed by atoms with van der Waals surface area (Å²) in [4.78, 5) is 0. The molecule has 0 amide bonds. The van der Waals surface area contributed by atoms with Crippen molar-refractivity contribution in [1.82, 2.24) is 5.32 Å². The summed E-state index contributed by atoms with van der Waals surface area (Å²) in [5, 5.41) is 3.40. The Kier molecular flexibility index (Phi) is 3.84. The standard InChI is InChI=1S/C13H18FNO2/c1-16-12-8-9(6-10-4-3-5-15-10)7-11(14)13(12)17-2/h7-8,10,15H,3-6H2,1-2H3. The Labute approximate surface area is 101 Å². The summed E-state index contributed by atoms with van der Waals surface area (Å²) in [5.41, 5.74) is 0.944. The molecule has 1 fully saturated rings. The van der Waals surface area contributed by atoms with Gasteiger partial charge in [0.15, 0.2) is 17.3 Å². The highest BCUT2D eigenvalue weighted by molar-refractivity contribution is 5.44. The van der Waals surface area contributed by atoms with Gasteiger partial charge in [-0.15, -0.1) is 0 Å². The van der Waals surface area contributed by atoms with Gasteiger partial charge in [0.25, 0.3) is 0 Å². The fourth-order valence-electron chi connectivity index (χ4n) is 2.30. The zero-order chi connectivity index (χ0) is 12.3. The quantitative estimate of drug-likeness (QED) is 0.873. The first-order valence-electron chi connectivity index (χ1n) is 5.88. The first-order chi connectivity index (χ1) is 8.24. The normalized spacial score (nSPS) is 19.4. The lowest BCUT2D eigenvalue weighted by molar-refractivity contribution is 0.336. The SMILES string of the molecule is COc1cc(CC2CCCN2)cc(F)c1OC. The van der Waals surface area contributed by atoms with Crippen LogP contribution in [0.3, 0.4) is 0 Å². The molecular weight excluding hydrogens is 221 g/mol. The molecule has 3 nitrogen and oxygen atoms in total. The molecule has 1 heterocycles. The minimum Gasteiger partial charge on any atom is -0.493 e. The molecule has 1 N–H and O–H groups in total. The van der Waals surface area contributed by atoms with Crippen molar-refractivity contribution < 1.29 is 13.9 Å². The highest BCUT2D eigenvalue weighted by atomic mass is 19.1. The van der Waals surface area contributed by atoms with E-state index in [1.807, 2.05) is 6.07 Å². The van der Waals surface area contributed by atoms with Gasteiger partial charge in [-0.3, -0.25) is 0 Å². The van der Waals surface area contributed by atoms with E-state index in [0.29, 0.717) is 11.8 Å². The van der Waals surface area contributed by atoms with Crippen molar-refractivity contribution in [3.05, 3.63) is 23.5 Å². The predicted octanol–water partition coefficient (Wildman–Crippen LogP) is 2.14. The zero-order valence-electron chi connectivity index (χ0n) is 10.3. The summed E-state index contributed by atoms with van der Waals surface area (Å²) < 4.78 is 23.9. The Morgan fingerprint density at radius 3 is 2.76 bits per heavy atom. The number of ether oxygens (including phenoxy) is 2. The fourth-order valence-corrected chi connectivity index (χ4v) is 2.30. The number of hydrogen-bond acceptors (Lipinski definition) is 3. The Hall–Kier alpha value is -1.29. The van der Waals surface area contributed by atoms with E-state index >= 15 is 0 Å². The molecule has 17 heavy (non-hydrogen) atoms. The van der Waals surface area contributed by atoms with Crippen LogP contribution in [0.2, 0.25) is 0 Å². The Bertz CT molecular complexity index is 389. The molecule has 0 spiro atoms. The zero-order valence-corrected chi connectivity index (χ0v) is 10.3. The molecule has 0 bridgehead atoms. The van der Waals surface area contributed by atoms with E-state index in [1.54, 1.807) is 0 Å². The number of hydrogen-bond donors (Lipinski definition) is 1. The fraction of sp³-hybridized carbons (Fsp3) is 0.538. The molecule has 1 aliphatic heterocycles. The van der Waals surface area contributed by atoms with Crippen molar-refractivity contribution in [2.24, 2.45) is 0 Å². The highest BCUT2D eigenvalue weighted by Gasteiger charge is 2.17. The van der Waals surface area contributed by atoms with Crippen LogP contribution >= 0.6 is 0 Å². The van der Waals surface area contributed by atoms with Crippen molar-refractivity contribution in [3.63, 3.8) is 0 Å². The summed E-state index contributed by atoms with van der Waals surface area (Å²) in [6.45, 7) is 1.06. The molecule has 4 heteroatoms. The van der Waals surface area contributed by atoms with Gasteiger partial charge in [0.05, 0.1) is 14.2 Å². The molecule has 1 aromatic rings. The molecule has 0 radical (unpaired) electrons. The smallest absolute Gasteiger partial charge is 0.196 e. The van der Waals surface area contributed by atoms with E-state index in [2.05, 4.69) is 5.32 Å². The minimum absolute atomic E-state index is 0.177. The lowest BCUT2D eigenvalue weighted by Gasteiger charge is -2.13. The molecule has 1 aliphatic rings. The third-order valence-electron chi connectivity index (χ3n) is 3.14. The van der Waals surface area contributed by atoms with Crippen LogP contribution in [0.1, 0.15) is 18.4 Å². The van der Waals surface area contributed by atoms with Crippen molar-refractivity contribution >= 4 is 0 Å². The molecule has 1 unspecified atom stereocenters. The van der Waals surface area contributed by atoms with Gasteiger partial charge in [0, 0.05) is 6.04 Å². The highest BCUT2D eigenvalue weighted by Crippen LogP contribution is 2.32. The molecule has 1 saturated heterocycles. The largest absolute Gasteiger partial charge is 0.493 e. The predicted molar refractivity (Wildman–Crippen MR) is 64.2 cm³/mol. The van der Waals surface area contributed by atoms with Gasteiger partial charge in [-0.2, -0.15) is 0 Å². The van der Waals surface area contributed by atoms with Gasteiger partial charge in [-0.25, -0.2) is 4.39 Å². The first kappa shape index (κ1) is 12.2. The molecule has 1 aromatic carbocycles. The van der Waals surface area contributed by atoms with Crippen LogP contribution in [-0.4, -0.2) is 26.8 Å². The average molecular weight is 239 g/mol. The summed E-state index contributed by atoms with van der Waals surface area (Å²) in [6, 6.07) is 3.83. The van der Waals surface area contributed by atoms with Crippen LogP contribution in [0.5, 0.6) is 11.5 Å². The van der Waals surface area contributed by atoms with E-state index in [4.69, 9.17) is 9.47 Å². The first-order valence-corrected chi connectivity index (χ1v) is 5.88. The Morgan fingerprint density at radius 2 is 2.18 bits per heavy atom. The summed E-state index contributed by atoms with van der Waals surface area (Å²) in [5.74, 6) is 0.274. The van der Waals surface area contributed by atoms with Crippen molar-refractivity contribution in [1.29, 1.82) is 0 Å². The van der Waals surface area contributed by atoms with Crippen molar-refractivity contribution in [3.8, 4) is 11.5 Å². The molecule has 0 saturated carbocycles. The third-order valence-corrected chi connectivity index (χ3v) is 3.14. The van der Waals surface area contributed by atoms with Gasteiger partial charge in [-0.1, -0.05) is 0 Å². The van der Waals surface area contributed by atoms with Gasteiger partial charge in [0.2, 0.25) is 0 Å². The summed E-state index contributed by atoms with van der Waals surface area (Å²) in [7, 11) is 2.97. The number of benzene rings is 1. The van der Waals surface area contributed by atoms with Crippen molar-refractivity contribution in [2.75, 3.05) is 20.8 Å². The monoisotopic (exact) mass is 239 g/mol. The number of methoxy groups -OCH3 is 2. The second kappa shape index (κ2) is 5.36. The average Bonchev–Trinajstić information content (AvgIpc) is 2.81. The maximum Gasteiger partial charge on any atom is 0.196 e. The number of halogens is 1. The number of rotatable bonds is 4. The Balaban J connectivity index is 2.19. The van der Waals surface area contributed by atoms with Crippen LogP contribution in [0.15, 0.2) is 12.1 Å². The van der Waals surface area contributed by atoms with Gasteiger partial charge in [0.1, 0.15) is 0 Å². The van der Waals surface area contributed by atoms with Crippen molar-refractivity contribution in [2.45, 2.75) is 25.3 Å². The Morgan fingerprint density at radius 1 is 1.35 bits per heavy atom. The van der Waals surface area contributed by atoms with Gasteiger partial charge >= 0.3 is 0 Å². The van der Waals surface area contributed by atoms with Gasteiger partial charge < -0.3 is 14.8 Å². The minimum atomic E-state index is -0.361. The topological polar surface area (TPSA) is 30.5 Å². The van der Waals surface area contributed by atoms with E-state index in [-0.39, 0.29) is 11.6 Å². The van der Waals surface area contributed by atoms with Crippen LogP contribution in [0.25, 0.3) is 0 Å². The maximum absolute atomic E-state index is 13.7. The molecule has 0 aliphatic carbocycles. The maximum atomic E-state index is 13.7. The van der Waals surface area contributed by atoms with Crippen LogP contribution in [-0.2, 0) is 6.42 Å². The molecular formula is C13H18FNO2. The van der Waals surface area contributed by atoms with E-state index < -0.39 is 0 Å². The van der Waals surface area contributed by atoms with Crippen LogP contribution in [0.4, 0.5) is 4.39 Å². The molecule has 94 valence electrons. The molecule has 0 aromatic heterocycles. The summed E-state index contributed by atoms with van der Waals surface area (Å²) >= 11 is 0. The molecule has 1 atom stereocenters. The third kappa shape index (κ3) is 2.69. The second-order valence-corrected chi connectivity index (χ2v) is 4.31. The lowest BCUT2D eigenvalue weighted by atomic mass is 10.0. The van der Waals surface area contributed by atoms with E-state index in [1.165, 1.54) is 26.7 Å². The van der Waals surface area contributed by atoms with E-state index in [0.717, 1.165) is 24.9 Å². The van der Waals surface area contributed by atoms with Crippen LogP contribution < -0.4 is 14.8 Å². The molecule has 2 rings (SSSR count).